The maximum Gasteiger partial charge on any atom is 0.325 e. The molecule has 0 spiro atoms. The van der Waals surface area contributed by atoms with E-state index in [-0.39, 0.29) is 24.0 Å². The largest absolute Gasteiger partial charge is 0.478 e. The van der Waals surface area contributed by atoms with E-state index in [1.807, 2.05) is 6.07 Å². The van der Waals surface area contributed by atoms with E-state index in [4.69, 9.17) is 38.6 Å². The number of nitrogens with zero attached hydrogens (tertiary/aromatic N) is 3. The molecule has 0 aliphatic carbocycles. The Labute approximate surface area is 197 Å². The van der Waals surface area contributed by atoms with E-state index in [0.29, 0.717) is 22.0 Å². The number of carbonyl (C=O) groups excluding carboxylic acids is 2. The molecule has 1 aliphatic heterocycles. The van der Waals surface area contributed by atoms with E-state index >= 15 is 0 Å². The van der Waals surface area contributed by atoms with Crippen molar-refractivity contribution in [2.24, 2.45) is 0 Å². The lowest BCUT2D eigenvalue weighted by atomic mass is 10.1. The van der Waals surface area contributed by atoms with Crippen molar-refractivity contribution in [2.45, 2.75) is 0 Å². The summed E-state index contributed by atoms with van der Waals surface area (Å²) in [6.45, 7) is -0.410. The minimum Gasteiger partial charge on any atom is -0.478 e. The predicted octanol–water partition coefficient (Wildman–Crippen LogP) is 4.15. The van der Waals surface area contributed by atoms with Crippen LogP contribution in [0.25, 0.3) is 6.08 Å². The van der Waals surface area contributed by atoms with Crippen LogP contribution in [0.4, 0.5) is 5.69 Å². The summed E-state index contributed by atoms with van der Waals surface area (Å²) in [6, 6.07) is 13.7. The number of methoxy groups -OCH3 is 1. The third-order valence-electron chi connectivity index (χ3n) is 4.29. The first-order valence-electron chi connectivity index (χ1n) is 8.85. The Morgan fingerprint density at radius 2 is 2.00 bits per heavy atom. The molecule has 1 fully saturated rings. The summed E-state index contributed by atoms with van der Waals surface area (Å²) in [5, 5.41) is 9.47. The number of thiocarbonyl (C=S) groups is 1. The van der Waals surface area contributed by atoms with Crippen LogP contribution in [-0.4, -0.2) is 42.2 Å². The van der Waals surface area contributed by atoms with E-state index in [0.717, 1.165) is 4.47 Å². The lowest BCUT2D eigenvalue weighted by molar-refractivity contribution is -0.140. The van der Waals surface area contributed by atoms with Gasteiger partial charge in [-0.3, -0.25) is 14.5 Å². The lowest BCUT2D eigenvalue weighted by Crippen LogP contribution is -2.35. The van der Waals surface area contributed by atoms with Crippen LogP contribution in [0.15, 0.2) is 52.6 Å². The van der Waals surface area contributed by atoms with E-state index in [1.54, 1.807) is 48.5 Å². The van der Waals surface area contributed by atoms with Gasteiger partial charge in [-0.05, 0) is 60.8 Å². The second-order valence-electron chi connectivity index (χ2n) is 6.22. The number of nitriles is 1. The van der Waals surface area contributed by atoms with E-state index in [1.165, 1.54) is 16.9 Å². The highest BCUT2D eigenvalue weighted by Crippen LogP contribution is 2.32. The van der Waals surface area contributed by atoms with Crippen LogP contribution in [0, 0.1) is 11.3 Å². The van der Waals surface area contributed by atoms with Crippen molar-refractivity contribution < 1.29 is 19.1 Å². The summed E-state index contributed by atoms with van der Waals surface area (Å²) in [4.78, 5) is 28.0. The monoisotopic (exact) mass is 519 g/mol. The molecule has 1 amide bonds. The summed E-state index contributed by atoms with van der Waals surface area (Å²) in [5.41, 5.74) is 1.20. The molecule has 0 saturated carbocycles. The lowest BCUT2D eigenvalue weighted by Gasteiger charge is -2.19. The number of hydrogen-bond donors (Lipinski definition) is 0. The Morgan fingerprint density at radius 3 is 2.65 bits per heavy atom. The molecule has 3 rings (SSSR count). The molecule has 2 aromatic carbocycles. The Bertz CT molecular complexity index is 1110. The first-order valence-corrected chi connectivity index (χ1v) is 10.4. The van der Waals surface area contributed by atoms with Gasteiger partial charge in [0.15, 0.2) is 11.7 Å². The van der Waals surface area contributed by atoms with E-state index in [2.05, 4.69) is 15.9 Å². The van der Waals surface area contributed by atoms with Crippen LogP contribution in [0.5, 0.6) is 5.75 Å². The molecule has 7 nitrogen and oxygen atoms in total. The number of anilines is 1. The van der Waals surface area contributed by atoms with Crippen LogP contribution in [-0.2, 0) is 14.3 Å². The van der Waals surface area contributed by atoms with Gasteiger partial charge in [0.05, 0.1) is 12.8 Å². The molecule has 0 bridgehead atoms. The average Bonchev–Trinajstić information content (AvgIpc) is 2.98. The summed E-state index contributed by atoms with van der Waals surface area (Å²) in [7, 11) is 1.26. The molecule has 2 aromatic rings. The number of hydrogen-bond acceptors (Lipinski definition) is 6. The van der Waals surface area contributed by atoms with Crippen LogP contribution in [0.2, 0.25) is 5.02 Å². The Hall–Kier alpha value is -2.93. The third kappa shape index (κ3) is 5.05. The van der Waals surface area contributed by atoms with Gasteiger partial charge in [0.2, 0.25) is 0 Å². The number of esters is 1. The fourth-order valence-corrected chi connectivity index (χ4v) is 3.72. The van der Waals surface area contributed by atoms with Crippen molar-refractivity contribution in [1.29, 1.82) is 5.26 Å². The zero-order valence-corrected chi connectivity index (χ0v) is 19.3. The van der Waals surface area contributed by atoms with Gasteiger partial charge in [0.25, 0.3) is 5.91 Å². The minimum absolute atomic E-state index is 0.124. The van der Waals surface area contributed by atoms with Gasteiger partial charge < -0.3 is 14.4 Å². The standard InChI is InChI=1S/C21H15BrClN3O4S/c1-29-19(27)12-25-17(11-13-10-14(22)2-7-18(13)30-9-8-24)20(28)26(21(25)31)16-5-3-15(23)4-6-16/h2-7,10-11H,9,12H2,1H3/b17-11-. The number of benzene rings is 2. The van der Waals surface area contributed by atoms with Crippen LogP contribution >= 0.6 is 39.7 Å². The fourth-order valence-electron chi connectivity index (χ4n) is 2.87. The number of ether oxygens (including phenoxy) is 2. The highest BCUT2D eigenvalue weighted by molar-refractivity contribution is 9.10. The fraction of sp³-hybridized carbons (Fsp3) is 0.143. The van der Waals surface area contributed by atoms with Gasteiger partial charge in [0, 0.05) is 15.1 Å². The second-order valence-corrected chi connectivity index (χ2v) is 7.94. The van der Waals surface area contributed by atoms with Crippen molar-refractivity contribution in [3.8, 4) is 11.8 Å². The van der Waals surface area contributed by atoms with Gasteiger partial charge in [-0.25, -0.2) is 0 Å². The van der Waals surface area contributed by atoms with Crippen molar-refractivity contribution >= 4 is 68.5 Å². The topological polar surface area (TPSA) is 82.9 Å². The maximum atomic E-state index is 13.3. The molecule has 1 heterocycles. The van der Waals surface area contributed by atoms with Crippen molar-refractivity contribution in [3.05, 3.63) is 63.2 Å². The third-order valence-corrected chi connectivity index (χ3v) is 5.44. The first kappa shape index (κ1) is 22.7. The molecular formula is C21H15BrClN3O4S. The van der Waals surface area contributed by atoms with Gasteiger partial charge in [-0.2, -0.15) is 5.26 Å². The Kier molecular flexibility index (Phi) is 7.28. The molecule has 10 heteroatoms. The van der Waals surface area contributed by atoms with Crippen molar-refractivity contribution in [1.82, 2.24) is 4.90 Å². The zero-order chi connectivity index (χ0) is 22.5. The van der Waals surface area contributed by atoms with Gasteiger partial charge in [0.1, 0.15) is 24.1 Å². The SMILES string of the molecule is COC(=O)CN1C(=S)N(c2ccc(Cl)cc2)C(=O)/C1=C/c1cc(Br)ccc1OCC#N. The normalized spacial score (nSPS) is 14.7. The molecule has 0 aromatic heterocycles. The van der Waals surface area contributed by atoms with E-state index < -0.39 is 11.9 Å². The van der Waals surface area contributed by atoms with Crippen molar-refractivity contribution in [3.63, 3.8) is 0 Å². The van der Waals surface area contributed by atoms with Gasteiger partial charge in [-0.15, -0.1) is 0 Å². The molecule has 1 saturated heterocycles. The summed E-state index contributed by atoms with van der Waals surface area (Å²) in [5.74, 6) is -0.587. The summed E-state index contributed by atoms with van der Waals surface area (Å²) >= 11 is 14.9. The number of halogens is 2. The summed E-state index contributed by atoms with van der Waals surface area (Å²) < 4.78 is 11.0. The maximum absolute atomic E-state index is 13.3. The van der Waals surface area contributed by atoms with Crippen LogP contribution in [0.3, 0.4) is 0 Å². The molecule has 0 radical (unpaired) electrons. The molecule has 0 N–H and O–H groups in total. The molecular weight excluding hydrogens is 506 g/mol. The second kappa shape index (κ2) is 9.92. The van der Waals surface area contributed by atoms with Crippen molar-refractivity contribution in [2.75, 3.05) is 25.2 Å². The van der Waals surface area contributed by atoms with Gasteiger partial charge >= 0.3 is 5.97 Å². The Morgan fingerprint density at radius 1 is 1.29 bits per heavy atom. The number of amides is 1. The predicted molar refractivity (Wildman–Crippen MR) is 123 cm³/mol. The molecule has 0 unspecified atom stereocenters. The Balaban J connectivity index is 2.09. The highest BCUT2D eigenvalue weighted by atomic mass is 79.9. The van der Waals surface area contributed by atoms with Crippen LogP contribution in [0.1, 0.15) is 5.56 Å². The number of rotatable bonds is 6. The first-order chi connectivity index (χ1) is 14.8. The van der Waals surface area contributed by atoms with E-state index in [9.17, 15) is 9.59 Å². The zero-order valence-electron chi connectivity index (χ0n) is 16.2. The van der Waals surface area contributed by atoms with Gasteiger partial charge in [-0.1, -0.05) is 27.5 Å². The summed E-state index contributed by atoms with van der Waals surface area (Å²) in [6.07, 6.45) is 1.56. The molecule has 0 atom stereocenters. The number of carbonyl (C=O) groups is 2. The average molecular weight is 521 g/mol. The smallest absolute Gasteiger partial charge is 0.325 e. The molecule has 31 heavy (non-hydrogen) atoms. The quantitative estimate of drug-likeness (QED) is 0.321. The highest BCUT2D eigenvalue weighted by Gasteiger charge is 2.40. The minimum atomic E-state index is -0.561. The van der Waals surface area contributed by atoms with Crippen LogP contribution < -0.4 is 9.64 Å². The molecule has 1 aliphatic rings. The molecule has 158 valence electrons.